The van der Waals surface area contributed by atoms with Crippen LogP contribution in [0.5, 0.6) is 0 Å². The van der Waals surface area contributed by atoms with Crippen molar-refractivity contribution in [2.45, 2.75) is 25.0 Å². The summed E-state index contributed by atoms with van der Waals surface area (Å²) in [7, 11) is 1.53. The molecule has 0 aliphatic carbocycles. The number of aromatic amines is 1. The Bertz CT molecular complexity index is 758. The van der Waals surface area contributed by atoms with Gasteiger partial charge in [-0.15, -0.1) is 0 Å². The molecule has 2 heterocycles. The first-order valence-electron chi connectivity index (χ1n) is 7.30. The molecule has 1 fully saturated rings. The SMILES string of the molecule is COC1CC(C(=O)O)N(C(=O)Cc2c[nH]c3ccc(Cl)cc23)C1. The fourth-order valence-corrected chi connectivity index (χ4v) is 3.21. The molecule has 23 heavy (non-hydrogen) atoms. The van der Waals surface area contributed by atoms with Crippen LogP contribution in [0.1, 0.15) is 12.0 Å². The number of benzene rings is 1. The molecule has 2 atom stereocenters. The molecular formula is C16H17ClN2O4. The normalized spacial score (nSPS) is 21.0. The Morgan fingerprint density at radius 1 is 1.48 bits per heavy atom. The van der Waals surface area contributed by atoms with E-state index in [1.54, 1.807) is 18.3 Å². The highest BCUT2D eigenvalue weighted by atomic mass is 35.5. The average molecular weight is 337 g/mol. The monoisotopic (exact) mass is 336 g/mol. The van der Waals surface area contributed by atoms with Gasteiger partial charge in [-0.25, -0.2) is 4.79 Å². The van der Waals surface area contributed by atoms with Crippen molar-refractivity contribution in [3.8, 4) is 0 Å². The second-order valence-corrected chi connectivity index (χ2v) is 6.11. The number of ether oxygens (including phenoxy) is 1. The third-order valence-corrected chi connectivity index (χ3v) is 4.51. The second-order valence-electron chi connectivity index (χ2n) is 5.67. The lowest BCUT2D eigenvalue weighted by Gasteiger charge is -2.21. The number of carboxylic acid groups (broad SMARTS) is 1. The second kappa shape index (κ2) is 6.22. The smallest absolute Gasteiger partial charge is 0.326 e. The van der Waals surface area contributed by atoms with Crippen LogP contribution in [0.25, 0.3) is 10.9 Å². The minimum Gasteiger partial charge on any atom is -0.480 e. The number of aromatic nitrogens is 1. The van der Waals surface area contributed by atoms with Crippen LogP contribution in [0.15, 0.2) is 24.4 Å². The number of H-pyrrole nitrogens is 1. The van der Waals surface area contributed by atoms with Crippen molar-refractivity contribution in [1.82, 2.24) is 9.88 Å². The summed E-state index contributed by atoms with van der Waals surface area (Å²) in [4.78, 5) is 28.4. The average Bonchev–Trinajstić information content (AvgIpc) is 3.11. The van der Waals surface area contributed by atoms with Gasteiger partial charge in [0.1, 0.15) is 6.04 Å². The number of methoxy groups -OCH3 is 1. The number of hydrogen-bond acceptors (Lipinski definition) is 3. The van der Waals surface area contributed by atoms with Crippen molar-refractivity contribution in [3.05, 3.63) is 35.0 Å². The lowest BCUT2D eigenvalue weighted by molar-refractivity contribution is -0.147. The highest BCUT2D eigenvalue weighted by molar-refractivity contribution is 6.31. The number of aliphatic carboxylic acids is 1. The van der Waals surface area contributed by atoms with Gasteiger partial charge < -0.3 is 19.7 Å². The standard InChI is InChI=1S/C16H17ClN2O4/c1-23-11-6-14(16(21)22)19(8-11)15(20)4-9-7-18-13-3-2-10(17)5-12(9)13/h2-3,5,7,11,14,18H,4,6,8H2,1H3,(H,21,22). The Labute approximate surface area is 138 Å². The minimum absolute atomic E-state index is 0.126. The van der Waals surface area contributed by atoms with E-state index in [0.29, 0.717) is 18.0 Å². The number of carboxylic acids is 1. The zero-order valence-corrected chi connectivity index (χ0v) is 13.3. The van der Waals surface area contributed by atoms with Gasteiger partial charge in [-0.05, 0) is 23.8 Å². The first-order chi connectivity index (χ1) is 11.0. The number of carbonyl (C=O) groups excluding carboxylic acids is 1. The van der Waals surface area contributed by atoms with Gasteiger partial charge in [-0.3, -0.25) is 4.79 Å². The summed E-state index contributed by atoms with van der Waals surface area (Å²) in [6, 6.07) is 4.59. The molecule has 0 radical (unpaired) electrons. The van der Waals surface area contributed by atoms with Gasteiger partial charge in [0.15, 0.2) is 0 Å². The summed E-state index contributed by atoms with van der Waals surface area (Å²) in [5, 5.41) is 10.8. The predicted molar refractivity (Wildman–Crippen MR) is 85.6 cm³/mol. The van der Waals surface area contributed by atoms with E-state index >= 15 is 0 Å². The van der Waals surface area contributed by atoms with Crippen LogP contribution in [0.4, 0.5) is 0 Å². The molecule has 1 aliphatic rings. The van der Waals surface area contributed by atoms with Crippen LogP contribution in [-0.4, -0.2) is 52.7 Å². The summed E-state index contributed by atoms with van der Waals surface area (Å²) >= 11 is 6.01. The molecule has 0 bridgehead atoms. The Kier molecular flexibility index (Phi) is 4.28. The molecule has 122 valence electrons. The van der Waals surface area contributed by atoms with Crippen molar-refractivity contribution in [3.63, 3.8) is 0 Å². The molecule has 1 saturated heterocycles. The van der Waals surface area contributed by atoms with E-state index in [9.17, 15) is 14.7 Å². The van der Waals surface area contributed by atoms with Gasteiger partial charge in [-0.1, -0.05) is 11.6 Å². The predicted octanol–water partition coefficient (Wildman–Crippen LogP) is 2.06. The maximum atomic E-state index is 12.6. The number of hydrogen-bond donors (Lipinski definition) is 2. The van der Waals surface area contributed by atoms with Crippen molar-refractivity contribution < 1.29 is 19.4 Å². The van der Waals surface area contributed by atoms with E-state index in [-0.39, 0.29) is 18.4 Å². The first kappa shape index (κ1) is 15.8. The summed E-state index contributed by atoms with van der Waals surface area (Å²) in [5.41, 5.74) is 1.70. The Hall–Kier alpha value is -2.05. The van der Waals surface area contributed by atoms with Crippen LogP contribution in [0.2, 0.25) is 5.02 Å². The highest BCUT2D eigenvalue weighted by Crippen LogP contribution is 2.25. The van der Waals surface area contributed by atoms with Crippen LogP contribution in [0, 0.1) is 0 Å². The number of fused-ring (bicyclic) bond motifs is 1. The van der Waals surface area contributed by atoms with Crippen molar-refractivity contribution in [1.29, 1.82) is 0 Å². The van der Waals surface area contributed by atoms with Crippen molar-refractivity contribution in [2.75, 3.05) is 13.7 Å². The summed E-state index contributed by atoms with van der Waals surface area (Å²) in [5.74, 6) is -1.22. The van der Waals surface area contributed by atoms with Gasteiger partial charge in [0.2, 0.25) is 5.91 Å². The highest BCUT2D eigenvalue weighted by Gasteiger charge is 2.39. The minimum atomic E-state index is -1.00. The van der Waals surface area contributed by atoms with Gasteiger partial charge in [-0.2, -0.15) is 0 Å². The number of halogens is 1. The lowest BCUT2D eigenvalue weighted by atomic mass is 10.1. The number of likely N-dealkylation sites (tertiary alicyclic amines) is 1. The molecule has 1 amide bonds. The third-order valence-electron chi connectivity index (χ3n) is 4.27. The van der Waals surface area contributed by atoms with E-state index in [4.69, 9.17) is 16.3 Å². The van der Waals surface area contributed by atoms with E-state index in [1.807, 2.05) is 6.07 Å². The molecule has 6 nitrogen and oxygen atoms in total. The Morgan fingerprint density at radius 2 is 2.26 bits per heavy atom. The van der Waals surface area contributed by atoms with Crippen LogP contribution >= 0.6 is 11.6 Å². The van der Waals surface area contributed by atoms with Crippen LogP contribution in [-0.2, 0) is 20.7 Å². The number of carbonyl (C=O) groups is 2. The quantitative estimate of drug-likeness (QED) is 0.895. The molecule has 3 rings (SSSR count). The fourth-order valence-electron chi connectivity index (χ4n) is 3.04. The Morgan fingerprint density at radius 3 is 2.96 bits per heavy atom. The van der Waals surface area contributed by atoms with E-state index in [1.165, 1.54) is 12.0 Å². The molecule has 0 spiro atoms. The van der Waals surface area contributed by atoms with Gasteiger partial charge in [0.05, 0.1) is 12.5 Å². The van der Waals surface area contributed by atoms with Gasteiger partial charge in [0, 0.05) is 42.2 Å². The number of nitrogens with one attached hydrogen (secondary N) is 1. The topological polar surface area (TPSA) is 82.6 Å². The molecule has 7 heteroatoms. The molecule has 1 aromatic carbocycles. The van der Waals surface area contributed by atoms with Crippen LogP contribution < -0.4 is 0 Å². The maximum absolute atomic E-state index is 12.6. The number of amides is 1. The molecule has 0 saturated carbocycles. The third kappa shape index (κ3) is 3.04. The van der Waals surface area contributed by atoms with E-state index in [0.717, 1.165) is 16.5 Å². The molecule has 1 aliphatic heterocycles. The molecule has 1 aromatic heterocycles. The summed E-state index contributed by atoms with van der Waals surface area (Å²) < 4.78 is 5.21. The molecule has 2 aromatic rings. The lowest BCUT2D eigenvalue weighted by Crippen LogP contribution is -2.41. The van der Waals surface area contributed by atoms with Gasteiger partial charge >= 0.3 is 5.97 Å². The van der Waals surface area contributed by atoms with Crippen molar-refractivity contribution >= 4 is 34.4 Å². The zero-order chi connectivity index (χ0) is 16.6. The number of rotatable bonds is 4. The maximum Gasteiger partial charge on any atom is 0.326 e. The van der Waals surface area contributed by atoms with Crippen molar-refractivity contribution in [2.24, 2.45) is 0 Å². The van der Waals surface area contributed by atoms with E-state index < -0.39 is 12.0 Å². The fraction of sp³-hybridized carbons (Fsp3) is 0.375. The zero-order valence-electron chi connectivity index (χ0n) is 12.6. The largest absolute Gasteiger partial charge is 0.480 e. The first-order valence-corrected chi connectivity index (χ1v) is 7.68. The number of nitrogens with zero attached hydrogens (tertiary/aromatic N) is 1. The summed E-state index contributed by atoms with van der Waals surface area (Å²) in [6.07, 6.45) is 1.97. The van der Waals surface area contributed by atoms with E-state index in [2.05, 4.69) is 4.98 Å². The molecule has 2 unspecified atom stereocenters. The Balaban J connectivity index is 1.82. The summed E-state index contributed by atoms with van der Waals surface area (Å²) in [6.45, 7) is 0.301. The van der Waals surface area contributed by atoms with Gasteiger partial charge in [0.25, 0.3) is 0 Å². The molecule has 2 N–H and O–H groups in total. The van der Waals surface area contributed by atoms with Crippen LogP contribution in [0.3, 0.4) is 0 Å². The molecular weight excluding hydrogens is 320 g/mol.